The fraction of sp³-hybridized carbons (Fsp3) is 0.185. The number of hydrogen-bond donors (Lipinski definition) is 8. The number of esters is 1. The smallest absolute Gasteiger partial charge is 0.331 e. The Morgan fingerprint density at radius 3 is 2.13 bits per heavy atom. The molecule has 14 rings (SSSR count). The summed E-state index contributed by atoms with van der Waals surface area (Å²) in [6.45, 7) is 6.69. The predicted octanol–water partition coefficient (Wildman–Crippen LogP) is 9.14. The molecule has 0 saturated heterocycles. The Kier molecular flexibility index (Phi) is 19.6. The van der Waals surface area contributed by atoms with E-state index in [-0.39, 0.29) is 55.1 Å². The van der Waals surface area contributed by atoms with Crippen molar-refractivity contribution in [2.24, 2.45) is 10.9 Å². The van der Waals surface area contributed by atoms with Gasteiger partial charge in [-0.2, -0.15) is 19.2 Å². The molecular weight excluding hydrogens is 1280 g/mol. The minimum Gasteiger partial charge on any atom is -0.545 e. The molecule has 4 aromatic carbocycles. The Labute approximate surface area is 547 Å². The van der Waals surface area contributed by atoms with Gasteiger partial charge in [0.25, 0.3) is 0 Å². The van der Waals surface area contributed by atoms with Crippen molar-refractivity contribution >= 4 is 139 Å². The number of H-pyrrole nitrogens is 3. The van der Waals surface area contributed by atoms with Gasteiger partial charge in [0.1, 0.15) is 40.6 Å². The van der Waals surface area contributed by atoms with Crippen LogP contribution >= 0.6 is 34.8 Å². The van der Waals surface area contributed by atoms with Crippen LogP contribution < -0.4 is 59.2 Å². The Bertz CT molecular complexity index is 5280. The molecule has 0 unspecified atom stereocenters. The van der Waals surface area contributed by atoms with Gasteiger partial charge in [0, 0.05) is 78.3 Å². The number of carbonyl (C=O) groups excluding carboxylic acids is 2. The second-order valence-electron chi connectivity index (χ2n) is 21.6. The fourth-order valence-corrected chi connectivity index (χ4v) is 9.93. The van der Waals surface area contributed by atoms with E-state index in [1.807, 2.05) is 18.2 Å². The highest BCUT2D eigenvalue weighted by atomic mass is 35.5. The van der Waals surface area contributed by atoms with Crippen LogP contribution in [0.2, 0.25) is 15.1 Å². The lowest BCUT2D eigenvalue weighted by molar-refractivity contribution is -0.255. The number of benzene rings is 4. The average Bonchev–Trinajstić information content (AvgIpc) is 0.992. The maximum atomic E-state index is 14.3. The number of rotatable bonds is 15. The number of aromatic nitrogens is 12. The first kappa shape index (κ1) is 66.0. The molecule has 2 fully saturated rings. The lowest BCUT2D eigenvalue weighted by Gasteiger charge is -2.12. The lowest BCUT2D eigenvalue weighted by atomic mass is 10.1. The SMILES string of the molecule is C.C.C=c1[nH]c(=O)[nH]/c1=C\c1cnn2c(NC3CC3)cc(Nc3cc(Cl)ccc3F)nc12.CC(C)C(=O)OCn1c(O)c(C=c2cnn3c(=NC4CC4)cc(Nc4cc(Cl)ccc4F)nc23)[nH]c1=O.O=C([O-])c1ccc2c(c1)nc(Nc1cccc(Cl)c1)c1ccncc12. The number of ether oxygens (including phenoxy) is 1. The maximum absolute atomic E-state index is 14.3. The van der Waals surface area contributed by atoms with Gasteiger partial charge in [-0.1, -0.05) is 88.3 Å². The summed E-state index contributed by atoms with van der Waals surface area (Å²) >= 11 is 18.1. The maximum Gasteiger partial charge on any atom is 0.331 e. The summed E-state index contributed by atoms with van der Waals surface area (Å²) in [7, 11) is 0. The number of anilines is 7. The van der Waals surface area contributed by atoms with E-state index in [1.54, 1.807) is 73.4 Å². The topological polar surface area (TPSA) is 320 Å². The Morgan fingerprint density at radius 1 is 0.777 bits per heavy atom. The molecule has 8 aromatic heterocycles. The fourth-order valence-electron chi connectivity index (χ4n) is 9.40. The Morgan fingerprint density at radius 2 is 1.47 bits per heavy atom. The van der Waals surface area contributed by atoms with Gasteiger partial charge in [0.2, 0.25) is 5.88 Å². The zero-order chi connectivity index (χ0) is 64.5. The average molecular weight is 1330 g/mol. The predicted molar refractivity (Wildman–Crippen MR) is 356 cm³/mol. The second kappa shape index (κ2) is 27.9. The standard InChI is InChI=1S/C24H23ClFN7O4.C20H17ClFN7O.C19H12ClN3O2.2CH4/c1-12(2)23(35)37-11-32-22(34)18(30-24(32)36)7-13-10-27-33-20(28-15-4-5-15)9-19(31-21(13)33)29-17-8-14(25)3-6-16(17)26;1-10-15(27-20(30)24-10)6-11-9-23-29-18(25-13-3-4-13)8-17(28-19(11)29)26-16-7-12(21)2-5-14(16)22;20-12-2-1-3-13(9-12)22-18-15-6-7-21-10-16(15)14-5-4-11(19(24)25)8-17(14)23-18;;/h3,6-10,12,15,29,34H,4-5,11H2,1-2H3,(H,30,36);2,5-9,13,25H,1,3-4H2,(H,26,28)(H2,24,27,30);1-10H,(H,22,23)(H,24,25);2*1H4/p-1/b;15-6-;;;. The number of hydrogen-bond acceptors (Lipinski definition) is 18. The largest absolute Gasteiger partial charge is 0.545 e. The van der Waals surface area contributed by atoms with Crippen molar-refractivity contribution in [2.45, 2.75) is 73.2 Å². The molecular formula is C65H59Cl3F2N17O7-. The number of carbonyl (C=O) groups is 2. The number of aromatic carboxylic acids is 1. The molecule has 0 aliphatic heterocycles. The van der Waals surface area contributed by atoms with E-state index in [1.165, 1.54) is 65.3 Å². The van der Waals surface area contributed by atoms with Gasteiger partial charge in [0.15, 0.2) is 23.5 Å². The molecule has 0 atom stereocenters. The van der Waals surface area contributed by atoms with Crippen molar-refractivity contribution in [3.8, 4) is 5.88 Å². The number of pyridine rings is 2. The summed E-state index contributed by atoms with van der Waals surface area (Å²) in [5.41, 5.74) is 2.91. The molecule has 29 heteroatoms. The van der Waals surface area contributed by atoms with Crippen LogP contribution in [0.5, 0.6) is 5.88 Å². The third kappa shape index (κ3) is 15.0. The second-order valence-corrected chi connectivity index (χ2v) is 22.9. The summed E-state index contributed by atoms with van der Waals surface area (Å²) in [6, 6.07) is 26.3. The number of aromatic amines is 3. The van der Waals surface area contributed by atoms with E-state index in [4.69, 9.17) is 39.5 Å². The van der Waals surface area contributed by atoms with Crippen LogP contribution in [-0.4, -0.2) is 87.8 Å². The molecule has 0 radical (unpaired) electrons. The first-order valence-electron chi connectivity index (χ1n) is 28.4. The number of nitrogens with one attached hydrogen (secondary N) is 7. The number of fused-ring (bicyclic) bond motifs is 5. The summed E-state index contributed by atoms with van der Waals surface area (Å²) in [6.07, 6.45) is 13.9. The van der Waals surface area contributed by atoms with Crippen LogP contribution in [-0.2, 0) is 16.3 Å². The number of halogens is 5. The summed E-state index contributed by atoms with van der Waals surface area (Å²) in [5.74, 6) is -1.43. The number of imidazole rings is 2. The molecule has 94 heavy (non-hydrogen) atoms. The summed E-state index contributed by atoms with van der Waals surface area (Å²) < 4.78 is 37.7. The molecule has 8 N–H and O–H groups in total. The van der Waals surface area contributed by atoms with E-state index in [0.29, 0.717) is 82.3 Å². The first-order valence-corrected chi connectivity index (χ1v) is 29.5. The minimum absolute atomic E-state index is 0. The number of carboxylic acids is 1. The first-order chi connectivity index (χ1) is 44.3. The Balaban J connectivity index is 0.000000155. The van der Waals surface area contributed by atoms with Crippen molar-refractivity contribution in [1.82, 2.24) is 58.7 Å². The van der Waals surface area contributed by atoms with Crippen molar-refractivity contribution in [1.29, 1.82) is 0 Å². The van der Waals surface area contributed by atoms with E-state index in [2.05, 4.69) is 77.9 Å². The molecule has 2 aliphatic carbocycles. The van der Waals surface area contributed by atoms with Crippen LogP contribution in [0.25, 0.3) is 51.7 Å². The van der Waals surface area contributed by atoms with Crippen LogP contribution in [0.4, 0.5) is 49.1 Å². The molecule has 0 amide bonds. The van der Waals surface area contributed by atoms with Gasteiger partial charge in [-0.15, -0.1) is 0 Å². The third-order valence-corrected chi connectivity index (χ3v) is 15.0. The molecule has 8 heterocycles. The number of aromatic hydroxyl groups is 1. The van der Waals surface area contributed by atoms with Gasteiger partial charge >= 0.3 is 17.3 Å². The molecule has 24 nitrogen and oxygen atoms in total. The number of nitrogens with zero attached hydrogens (tertiary/aromatic N) is 10. The summed E-state index contributed by atoms with van der Waals surface area (Å²) in [4.78, 5) is 77.2. The zero-order valence-corrected chi connectivity index (χ0v) is 50.7. The molecule has 2 aliphatic rings. The molecule has 12 aromatic rings. The minimum atomic E-state index is -1.24. The Hall–Kier alpha value is -11.0. The van der Waals surface area contributed by atoms with Gasteiger partial charge in [-0.25, -0.2) is 37.9 Å². The van der Waals surface area contributed by atoms with Gasteiger partial charge in [-0.05, 0) is 110 Å². The molecule has 2 saturated carbocycles. The van der Waals surface area contributed by atoms with Crippen molar-refractivity contribution in [3.05, 3.63) is 208 Å². The highest BCUT2D eigenvalue weighted by Gasteiger charge is 2.24. The van der Waals surface area contributed by atoms with E-state index >= 15 is 0 Å². The molecule has 0 spiro atoms. The highest BCUT2D eigenvalue weighted by molar-refractivity contribution is 6.31. The van der Waals surface area contributed by atoms with Gasteiger partial charge < -0.3 is 56.0 Å². The normalized spacial score (nSPS) is 13.3. The van der Waals surface area contributed by atoms with Gasteiger partial charge in [0.05, 0.1) is 57.9 Å². The quantitative estimate of drug-likeness (QED) is 0.0350. The number of carboxylic acid groups (broad SMARTS) is 1. The molecule has 0 bridgehead atoms. The lowest BCUT2D eigenvalue weighted by Crippen LogP contribution is -2.22. The van der Waals surface area contributed by atoms with E-state index < -0.39 is 41.9 Å². The van der Waals surface area contributed by atoms with E-state index in [0.717, 1.165) is 57.9 Å². The summed E-state index contributed by atoms with van der Waals surface area (Å²) in [5, 5.41) is 48.5. The van der Waals surface area contributed by atoms with Crippen molar-refractivity contribution in [3.63, 3.8) is 0 Å². The van der Waals surface area contributed by atoms with Crippen LogP contribution in [0.15, 0.2) is 136 Å². The molecule has 482 valence electrons. The van der Waals surface area contributed by atoms with E-state index in [9.17, 15) is 38.2 Å². The van der Waals surface area contributed by atoms with Gasteiger partial charge in [-0.3, -0.25) is 14.8 Å². The van der Waals surface area contributed by atoms with Crippen molar-refractivity contribution in [2.75, 3.05) is 21.3 Å². The van der Waals surface area contributed by atoms with Crippen LogP contribution in [0.1, 0.15) is 76.0 Å². The zero-order valence-electron chi connectivity index (χ0n) is 48.4. The van der Waals surface area contributed by atoms with Crippen LogP contribution in [0, 0.1) is 17.6 Å². The van der Waals surface area contributed by atoms with Crippen LogP contribution in [0.3, 0.4) is 0 Å². The van der Waals surface area contributed by atoms with Crippen molar-refractivity contribution < 1.29 is 33.3 Å². The monoisotopic (exact) mass is 1330 g/mol. The highest BCUT2D eigenvalue weighted by Crippen LogP contribution is 2.33. The third-order valence-electron chi connectivity index (χ3n) is 14.3.